The van der Waals surface area contributed by atoms with Crippen molar-refractivity contribution in [1.29, 1.82) is 0 Å². The van der Waals surface area contributed by atoms with Crippen molar-refractivity contribution < 1.29 is 4.79 Å². The Balaban J connectivity index is 1.52. The predicted molar refractivity (Wildman–Crippen MR) is 99.8 cm³/mol. The van der Waals surface area contributed by atoms with E-state index in [1.165, 1.54) is 11.3 Å². The Bertz CT molecular complexity index is 738. The molecule has 0 saturated carbocycles. The normalized spacial score (nSPS) is 16.1. The molecule has 2 aromatic rings. The maximum atomic E-state index is 12.4. The number of rotatable bonds is 5. The van der Waals surface area contributed by atoms with E-state index in [0.29, 0.717) is 12.6 Å². The Morgan fingerprint density at radius 2 is 2.00 bits per heavy atom. The number of carbonyl (C=O) groups excluding carboxylic acids is 1. The largest absolute Gasteiger partial charge is 0.368 e. The van der Waals surface area contributed by atoms with Gasteiger partial charge in [-0.2, -0.15) is 0 Å². The summed E-state index contributed by atoms with van der Waals surface area (Å²) < 4.78 is 0. The van der Waals surface area contributed by atoms with Crippen LogP contribution >= 0.6 is 0 Å². The molecule has 1 amide bonds. The number of fused-ring (bicyclic) bond motifs is 1. The number of aryl methyl sites for hydroxylation is 2. The van der Waals surface area contributed by atoms with Gasteiger partial charge in [-0.15, -0.1) is 0 Å². The molecule has 0 aromatic heterocycles. The number of benzene rings is 2. The van der Waals surface area contributed by atoms with Crippen molar-refractivity contribution in [2.24, 2.45) is 0 Å². The zero-order valence-electron chi connectivity index (χ0n) is 14.8. The number of carbonyl (C=O) groups is 1. The molecule has 0 radical (unpaired) electrons. The van der Waals surface area contributed by atoms with E-state index < -0.39 is 0 Å². The summed E-state index contributed by atoms with van der Waals surface area (Å²) in [6.45, 7) is 7.96. The minimum atomic E-state index is 0.0334. The monoisotopic (exact) mass is 322 g/mol. The second-order valence-corrected chi connectivity index (χ2v) is 6.80. The number of nitrogens with one attached hydrogen (secondary N) is 1. The molecule has 0 unspecified atom stereocenters. The first kappa shape index (κ1) is 16.6. The first-order valence-corrected chi connectivity index (χ1v) is 8.76. The smallest absolute Gasteiger partial charge is 0.251 e. The van der Waals surface area contributed by atoms with Gasteiger partial charge in [-0.25, -0.2) is 0 Å². The summed E-state index contributed by atoms with van der Waals surface area (Å²) in [7, 11) is 0. The van der Waals surface area contributed by atoms with E-state index in [1.54, 1.807) is 0 Å². The fourth-order valence-electron chi connectivity index (χ4n) is 3.50. The van der Waals surface area contributed by atoms with Crippen LogP contribution in [0.2, 0.25) is 0 Å². The Morgan fingerprint density at radius 3 is 2.83 bits per heavy atom. The maximum Gasteiger partial charge on any atom is 0.251 e. The molecule has 0 saturated heterocycles. The highest BCUT2D eigenvalue weighted by Crippen LogP contribution is 2.31. The third kappa shape index (κ3) is 3.45. The van der Waals surface area contributed by atoms with Crippen LogP contribution in [-0.2, 0) is 6.42 Å². The van der Waals surface area contributed by atoms with Gasteiger partial charge in [-0.1, -0.05) is 35.9 Å². The van der Waals surface area contributed by atoms with Crippen LogP contribution in [-0.4, -0.2) is 25.0 Å². The van der Waals surface area contributed by atoms with Gasteiger partial charge in [0.05, 0.1) is 0 Å². The van der Waals surface area contributed by atoms with Crippen LogP contribution in [0, 0.1) is 13.8 Å². The molecular weight excluding hydrogens is 296 g/mol. The second kappa shape index (κ2) is 7.08. The van der Waals surface area contributed by atoms with Crippen LogP contribution in [0.15, 0.2) is 42.5 Å². The van der Waals surface area contributed by atoms with Gasteiger partial charge in [0.25, 0.3) is 5.91 Å². The lowest BCUT2D eigenvalue weighted by Crippen LogP contribution is -2.33. The third-order valence-corrected chi connectivity index (χ3v) is 4.85. The summed E-state index contributed by atoms with van der Waals surface area (Å²) in [5.41, 5.74) is 5.72. The lowest BCUT2D eigenvalue weighted by molar-refractivity contribution is 0.0952. The fraction of sp³-hybridized carbons (Fsp3) is 0.381. The molecule has 1 N–H and O–H groups in total. The SMILES string of the molecule is Cc1ccc(C)c(C(=O)NCCCN2c3ccccc3C[C@@H]2C)c1. The fourth-order valence-corrected chi connectivity index (χ4v) is 3.50. The number of hydrogen-bond donors (Lipinski definition) is 1. The molecule has 1 aliphatic rings. The molecule has 1 aliphatic heterocycles. The molecule has 0 spiro atoms. The molecule has 0 bridgehead atoms. The average molecular weight is 322 g/mol. The summed E-state index contributed by atoms with van der Waals surface area (Å²) in [4.78, 5) is 14.8. The zero-order chi connectivity index (χ0) is 17.1. The Hall–Kier alpha value is -2.29. The lowest BCUT2D eigenvalue weighted by atomic mass is 10.1. The van der Waals surface area contributed by atoms with Crippen molar-refractivity contribution in [1.82, 2.24) is 5.32 Å². The molecule has 126 valence electrons. The Morgan fingerprint density at radius 1 is 1.21 bits per heavy atom. The summed E-state index contributed by atoms with van der Waals surface area (Å²) in [5.74, 6) is 0.0334. The van der Waals surface area contributed by atoms with Crippen LogP contribution in [0.4, 0.5) is 5.69 Å². The van der Waals surface area contributed by atoms with E-state index in [2.05, 4.69) is 41.4 Å². The molecule has 0 fully saturated rings. The van der Waals surface area contributed by atoms with E-state index in [0.717, 1.165) is 36.1 Å². The van der Waals surface area contributed by atoms with E-state index >= 15 is 0 Å². The highest BCUT2D eigenvalue weighted by molar-refractivity contribution is 5.95. The maximum absolute atomic E-state index is 12.4. The van der Waals surface area contributed by atoms with Crippen molar-refractivity contribution in [3.63, 3.8) is 0 Å². The van der Waals surface area contributed by atoms with Gasteiger partial charge in [0.15, 0.2) is 0 Å². The highest BCUT2D eigenvalue weighted by Gasteiger charge is 2.24. The van der Waals surface area contributed by atoms with Crippen LogP contribution < -0.4 is 10.2 Å². The average Bonchev–Trinajstić information content (AvgIpc) is 2.89. The van der Waals surface area contributed by atoms with Crippen molar-refractivity contribution in [3.05, 3.63) is 64.7 Å². The van der Waals surface area contributed by atoms with Gasteiger partial charge in [-0.05, 0) is 56.9 Å². The van der Waals surface area contributed by atoms with E-state index in [4.69, 9.17) is 0 Å². The first-order valence-electron chi connectivity index (χ1n) is 8.76. The van der Waals surface area contributed by atoms with Gasteiger partial charge >= 0.3 is 0 Å². The molecule has 1 heterocycles. The van der Waals surface area contributed by atoms with Gasteiger partial charge < -0.3 is 10.2 Å². The molecule has 3 rings (SSSR count). The van der Waals surface area contributed by atoms with E-state index in [1.807, 2.05) is 32.0 Å². The van der Waals surface area contributed by atoms with Crippen LogP contribution in [0.5, 0.6) is 0 Å². The molecule has 1 atom stereocenters. The Kier molecular flexibility index (Phi) is 4.89. The van der Waals surface area contributed by atoms with Gasteiger partial charge in [0.1, 0.15) is 0 Å². The standard InChI is InChI=1S/C21H26N2O/c1-15-9-10-16(2)19(13-15)21(24)22-11-6-12-23-17(3)14-18-7-4-5-8-20(18)23/h4-5,7-10,13,17H,6,11-12,14H2,1-3H3,(H,22,24)/t17-/m0/s1. The zero-order valence-corrected chi connectivity index (χ0v) is 14.8. The lowest BCUT2D eigenvalue weighted by Gasteiger charge is -2.25. The number of anilines is 1. The summed E-state index contributed by atoms with van der Waals surface area (Å²) in [5, 5.41) is 3.06. The molecule has 3 nitrogen and oxygen atoms in total. The molecule has 3 heteroatoms. The minimum Gasteiger partial charge on any atom is -0.368 e. The second-order valence-electron chi connectivity index (χ2n) is 6.80. The summed E-state index contributed by atoms with van der Waals surface area (Å²) >= 11 is 0. The molecule has 24 heavy (non-hydrogen) atoms. The van der Waals surface area contributed by atoms with Crippen LogP contribution in [0.1, 0.15) is 40.4 Å². The third-order valence-electron chi connectivity index (χ3n) is 4.85. The highest BCUT2D eigenvalue weighted by atomic mass is 16.1. The molecule has 2 aromatic carbocycles. The molecule has 0 aliphatic carbocycles. The number of hydrogen-bond acceptors (Lipinski definition) is 2. The van der Waals surface area contributed by atoms with Crippen LogP contribution in [0.3, 0.4) is 0 Å². The van der Waals surface area contributed by atoms with Crippen molar-refractivity contribution in [3.8, 4) is 0 Å². The predicted octanol–water partition coefficient (Wildman–Crippen LogP) is 3.87. The Labute approximate surface area is 144 Å². The van der Waals surface area contributed by atoms with Gasteiger partial charge in [-0.3, -0.25) is 4.79 Å². The van der Waals surface area contributed by atoms with Crippen molar-refractivity contribution in [2.45, 2.75) is 39.7 Å². The molecular formula is C21H26N2O. The van der Waals surface area contributed by atoms with Crippen molar-refractivity contribution >= 4 is 11.6 Å². The van der Waals surface area contributed by atoms with Crippen LogP contribution in [0.25, 0.3) is 0 Å². The first-order chi connectivity index (χ1) is 11.6. The number of amides is 1. The summed E-state index contributed by atoms with van der Waals surface area (Å²) in [6, 6.07) is 15.2. The topological polar surface area (TPSA) is 32.3 Å². The summed E-state index contributed by atoms with van der Waals surface area (Å²) in [6.07, 6.45) is 2.07. The van der Waals surface area contributed by atoms with E-state index in [-0.39, 0.29) is 5.91 Å². The number of nitrogens with zero attached hydrogens (tertiary/aromatic N) is 1. The quantitative estimate of drug-likeness (QED) is 0.848. The van der Waals surface area contributed by atoms with Gasteiger partial charge in [0.2, 0.25) is 0 Å². The van der Waals surface area contributed by atoms with E-state index in [9.17, 15) is 4.79 Å². The van der Waals surface area contributed by atoms with Gasteiger partial charge in [0, 0.05) is 30.4 Å². The number of para-hydroxylation sites is 1. The van der Waals surface area contributed by atoms with Crippen molar-refractivity contribution in [2.75, 3.05) is 18.0 Å². The minimum absolute atomic E-state index is 0.0334.